The Labute approximate surface area is 154 Å². The van der Waals surface area contributed by atoms with Gasteiger partial charge in [-0.25, -0.2) is 0 Å². The van der Waals surface area contributed by atoms with Crippen LogP contribution in [0.3, 0.4) is 0 Å². The van der Waals surface area contributed by atoms with E-state index in [-0.39, 0.29) is 11.9 Å². The van der Waals surface area contributed by atoms with E-state index in [0.29, 0.717) is 18.7 Å². The maximum absolute atomic E-state index is 12.7. The monoisotopic (exact) mass is 348 g/mol. The van der Waals surface area contributed by atoms with Gasteiger partial charge in [-0.2, -0.15) is 0 Å². The van der Waals surface area contributed by atoms with E-state index in [4.69, 9.17) is 4.74 Å². The average molecular weight is 348 g/mol. The topological polar surface area (TPSA) is 41.6 Å². The van der Waals surface area contributed by atoms with Gasteiger partial charge in [0, 0.05) is 12.1 Å². The Kier molecular flexibility index (Phi) is 5.02. The molecule has 2 aromatic carbocycles. The Morgan fingerprint density at radius 1 is 1.04 bits per heavy atom. The highest BCUT2D eigenvalue weighted by Gasteiger charge is 2.25. The molecule has 2 heterocycles. The zero-order valence-electron chi connectivity index (χ0n) is 14.9. The van der Waals surface area contributed by atoms with Crippen LogP contribution in [0.15, 0.2) is 60.2 Å². The number of nitrogens with zero attached hydrogens (tertiary/aromatic N) is 1. The van der Waals surface area contributed by atoms with Gasteiger partial charge >= 0.3 is 0 Å². The fourth-order valence-corrected chi connectivity index (χ4v) is 3.74. The van der Waals surface area contributed by atoms with Gasteiger partial charge in [0.25, 0.3) is 5.91 Å². The van der Waals surface area contributed by atoms with Crippen LogP contribution < -0.4 is 10.1 Å². The largest absolute Gasteiger partial charge is 0.488 e. The smallest absolute Gasteiger partial charge is 0.250 e. The fraction of sp³-hybridized carbons (Fsp3) is 0.318. The van der Waals surface area contributed by atoms with Crippen molar-refractivity contribution >= 4 is 12.0 Å². The van der Waals surface area contributed by atoms with Gasteiger partial charge in [-0.1, -0.05) is 48.5 Å². The van der Waals surface area contributed by atoms with E-state index in [9.17, 15) is 4.79 Å². The second-order valence-electron chi connectivity index (χ2n) is 6.88. The van der Waals surface area contributed by atoms with Crippen LogP contribution in [0.1, 0.15) is 30.0 Å². The quantitative estimate of drug-likeness (QED) is 0.900. The predicted molar refractivity (Wildman–Crippen MR) is 103 cm³/mol. The number of para-hydroxylation sites is 1. The van der Waals surface area contributed by atoms with Crippen LogP contribution in [-0.2, 0) is 4.79 Å². The number of rotatable bonds is 5. The van der Waals surface area contributed by atoms with E-state index < -0.39 is 0 Å². The van der Waals surface area contributed by atoms with Crippen LogP contribution >= 0.6 is 0 Å². The van der Waals surface area contributed by atoms with Gasteiger partial charge in [0.2, 0.25) is 0 Å². The van der Waals surface area contributed by atoms with Gasteiger partial charge < -0.3 is 10.1 Å². The minimum Gasteiger partial charge on any atom is -0.488 e. The highest BCUT2D eigenvalue weighted by atomic mass is 16.5. The van der Waals surface area contributed by atoms with Crippen molar-refractivity contribution in [2.24, 2.45) is 0 Å². The molecule has 0 bridgehead atoms. The number of benzene rings is 2. The van der Waals surface area contributed by atoms with Crippen LogP contribution in [0.2, 0.25) is 0 Å². The number of hydrogen-bond acceptors (Lipinski definition) is 3. The molecule has 0 saturated carbocycles. The number of likely N-dealkylation sites (tertiary alicyclic amines) is 1. The first-order valence-electron chi connectivity index (χ1n) is 9.31. The maximum atomic E-state index is 12.7. The maximum Gasteiger partial charge on any atom is 0.250 e. The molecule has 1 atom stereocenters. The molecule has 0 unspecified atom stereocenters. The molecule has 0 aromatic heterocycles. The number of fused-ring (bicyclic) bond motifs is 1. The van der Waals surface area contributed by atoms with Crippen molar-refractivity contribution < 1.29 is 9.53 Å². The van der Waals surface area contributed by atoms with Gasteiger partial charge in [-0.05, 0) is 43.6 Å². The lowest BCUT2D eigenvalue weighted by molar-refractivity contribution is -0.118. The molecule has 4 nitrogen and oxygen atoms in total. The van der Waals surface area contributed by atoms with Crippen molar-refractivity contribution in [2.75, 3.05) is 26.2 Å². The number of hydrogen-bond donors (Lipinski definition) is 1. The zero-order valence-corrected chi connectivity index (χ0v) is 14.9. The number of carbonyl (C=O) groups excluding carboxylic acids is 1. The molecule has 4 heteroatoms. The molecule has 26 heavy (non-hydrogen) atoms. The summed E-state index contributed by atoms with van der Waals surface area (Å²) in [4.78, 5) is 15.1. The van der Waals surface area contributed by atoms with Gasteiger partial charge in [0.1, 0.15) is 12.4 Å². The lowest BCUT2D eigenvalue weighted by atomic mass is 10.0. The van der Waals surface area contributed by atoms with Crippen molar-refractivity contribution in [3.63, 3.8) is 0 Å². The van der Waals surface area contributed by atoms with E-state index in [2.05, 4.69) is 34.5 Å². The molecule has 1 saturated heterocycles. The van der Waals surface area contributed by atoms with Gasteiger partial charge in [0.15, 0.2) is 0 Å². The molecule has 1 N–H and O–H groups in total. The number of amides is 1. The van der Waals surface area contributed by atoms with Crippen LogP contribution in [0.5, 0.6) is 5.75 Å². The van der Waals surface area contributed by atoms with Crippen molar-refractivity contribution in [1.29, 1.82) is 0 Å². The van der Waals surface area contributed by atoms with Crippen LogP contribution in [-0.4, -0.2) is 37.0 Å². The normalized spacial score (nSPS) is 17.8. The van der Waals surface area contributed by atoms with E-state index in [1.807, 2.05) is 36.4 Å². The Balaban J connectivity index is 1.46. The molecule has 1 fully saturated rings. The van der Waals surface area contributed by atoms with Gasteiger partial charge in [0.05, 0.1) is 11.6 Å². The van der Waals surface area contributed by atoms with Crippen molar-refractivity contribution in [3.8, 4) is 5.75 Å². The lowest BCUT2D eigenvalue weighted by Crippen LogP contribution is -2.38. The third-order valence-electron chi connectivity index (χ3n) is 5.15. The minimum atomic E-state index is -0.0420. The second kappa shape index (κ2) is 7.75. The molecule has 0 radical (unpaired) electrons. The summed E-state index contributed by atoms with van der Waals surface area (Å²) >= 11 is 0. The standard InChI is InChI=1S/C22H24N2O2/c25-22(19-14-18-10-4-5-11-21(18)26-16-19)23-15-20(24-12-6-7-13-24)17-8-2-1-3-9-17/h1-5,8-11,14,20H,6-7,12-13,15-16H2,(H,23,25)/t20-/m0/s1. The first-order valence-corrected chi connectivity index (χ1v) is 9.31. The highest BCUT2D eigenvalue weighted by Crippen LogP contribution is 2.27. The van der Waals surface area contributed by atoms with Crippen LogP contribution in [0, 0.1) is 0 Å². The molecule has 2 aromatic rings. The van der Waals surface area contributed by atoms with E-state index in [1.165, 1.54) is 18.4 Å². The zero-order chi connectivity index (χ0) is 17.8. The first-order chi connectivity index (χ1) is 12.8. The summed E-state index contributed by atoms with van der Waals surface area (Å²) in [7, 11) is 0. The summed E-state index contributed by atoms with van der Waals surface area (Å²) in [5.74, 6) is 0.794. The SMILES string of the molecule is O=C(NC[C@@H](c1ccccc1)N1CCCC1)C1=Cc2ccccc2OC1. The Bertz CT molecular complexity index is 795. The second-order valence-corrected chi connectivity index (χ2v) is 6.88. The summed E-state index contributed by atoms with van der Waals surface area (Å²) in [6.07, 6.45) is 4.39. The Hall–Kier alpha value is -2.59. The van der Waals surface area contributed by atoms with Gasteiger partial charge in [-0.15, -0.1) is 0 Å². The van der Waals surface area contributed by atoms with Gasteiger partial charge in [-0.3, -0.25) is 9.69 Å². The van der Waals surface area contributed by atoms with E-state index in [0.717, 1.165) is 24.4 Å². The first kappa shape index (κ1) is 16.9. The molecule has 4 rings (SSSR count). The lowest BCUT2D eigenvalue weighted by Gasteiger charge is -2.28. The summed E-state index contributed by atoms with van der Waals surface area (Å²) in [6, 6.07) is 18.5. The van der Waals surface area contributed by atoms with E-state index in [1.54, 1.807) is 0 Å². The highest BCUT2D eigenvalue weighted by molar-refractivity contribution is 5.99. The fourth-order valence-electron chi connectivity index (χ4n) is 3.74. The molecule has 2 aliphatic rings. The molecule has 0 spiro atoms. The molecular weight excluding hydrogens is 324 g/mol. The summed E-state index contributed by atoms with van der Waals surface area (Å²) in [6.45, 7) is 3.12. The number of ether oxygens (including phenoxy) is 1. The van der Waals surface area contributed by atoms with Crippen LogP contribution in [0.4, 0.5) is 0 Å². The van der Waals surface area contributed by atoms with E-state index >= 15 is 0 Å². The third kappa shape index (κ3) is 3.65. The third-order valence-corrected chi connectivity index (χ3v) is 5.15. The van der Waals surface area contributed by atoms with Crippen molar-refractivity contribution in [1.82, 2.24) is 10.2 Å². The molecule has 0 aliphatic carbocycles. The van der Waals surface area contributed by atoms with Crippen LogP contribution in [0.25, 0.3) is 6.08 Å². The molecule has 134 valence electrons. The molecule has 1 amide bonds. The number of nitrogens with one attached hydrogen (secondary N) is 1. The minimum absolute atomic E-state index is 0.0420. The Morgan fingerprint density at radius 2 is 1.77 bits per heavy atom. The summed E-state index contributed by atoms with van der Waals surface area (Å²) < 4.78 is 5.71. The molecular formula is C22H24N2O2. The number of carbonyl (C=O) groups is 1. The van der Waals surface area contributed by atoms with Crippen molar-refractivity contribution in [2.45, 2.75) is 18.9 Å². The average Bonchev–Trinajstić information content (AvgIpc) is 3.23. The molecule has 2 aliphatic heterocycles. The summed E-state index contributed by atoms with van der Waals surface area (Å²) in [5.41, 5.74) is 2.90. The summed E-state index contributed by atoms with van der Waals surface area (Å²) in [5, 5.41) is 3.13. The van der Waals surface area contributed by atoms with Crippen molar-refractivity contribution in [3.05, 3.63) is 71.3 Å². The Morgan fingerprint density at radius 3 is 2.58 bits per heavy atom. The predicted octanol–water partition coefficient (Wildman–Crippen LogP) is 3.42.